The fourth-order valence-corrected chi connectivity index (χ4v) is 2.36. The summed E-state index contributed by atoms with van der Waals surface area (Å²) in [7, 11) is 1.35. The molecular weight excluding hydrogens is 264 g/mol. The summed E-state index contributed by atoms with van der Waals surface area (Å²) >= 11 is 0. The fourth-order valence-electron chi connectivity index (χ4n) is 2.36. The molecule has 4 heteroatoms. The molecule has 2 N–H and O–H groups in total. The molecule has 2 aromatic rings. The van der Waals surface area contributed by atoms with Crippen LogP contribution in [0.2, 0.25) is 0 Å². The second-order valence-electron chi connectivity index (χ2n) is 4.81. The predicted octanol–water partition coefficient (Wildman–Crippen LogP) is 3.52. The van der Waals surface area contributed by atoms with E-state index >= 15 is 0 Å². The van der Waals surface area contributed by atoms with Gasteiger partial charge in [0.05, 0.1) is 24.0 Å². The van der Waals surface area contributed by atoms with Crippen molar-refractivity contribution in [1.29, 1.82) is 0 Å². The van der Waals surface area contributed by atoms with Crippen LogP contribution in [0, 0.1) is 6.92 Å². The Bertz CT molecular complexity index is 653. The normalized spacial score (nSPS) is 10.2. The van der Waals surface area contributed by atoms with E-state index in [0.29, 0.717) is 11.3 Å². The fraction of sp³-hybridized carbons (Fsp3) is 0.235. The first kappa shape index (κ1) is 14.9. The SMILES string of the molecule is CCN(c1cccc(C)c1)c1cccc(C(=O)OC)c1N. The minimum Gasteiger partial charge on any atom is -0.465 e. The standard InChI is InChI=1S/C17H20N2O2/c1-4-19(13-8-5-7-12(2)11-13)15-10-6-9-14(16(15)18)17(20)21-3/h5-11H,4,18H2,1-3H3. The number of anilines is 3. The molecule has 0 radical (unpaired) electrons. The summed E-state index contributed by atoms with van der Waals surface area (Å²) in [6, 6.07) is 13.6. The number of rotatable bonds is 4. The zero-order valence-electron chi connectivity index (χ0n) is 12.6. The average Bonchev–Trinajstić information content (AvgIpc) is 2.49. The maximum Gasteiger partial charge on any atom is 0.340 e. The molecule has 0 heterocycles. The molecular formula is C17H20N2O2. The van der Waals surface area contributed by atoms with Crippen LogP contribution >= 0.6 is 0 Å². The zero-order chi connectivity index (χ0) is 15.4. The summed E-state index contributed by atoms with van der Waals surface area (Å²) in [5.41, 5.74) is 10.0. The Morgan fingerprint density at radius 2 is 1.95 bits per heavy atom. The summed E-state index contributed by atoms with van der Waals surface area (Å²) < 4.78 is 4.77. The Morgan fingerprint density at radius 3 is 2.57 bits per heavy atom. The van der Waals surface area contributed by atoms with E-state index in [4.69, 9.17) is 10.5 Å². The van der Waals surface area contributed by atoms with Gasteiger partial charge in [-0.05, 0) is 43.7 Å². The lowest BCUT2D eigenvalue weighted by molar-refractivity contribution is 0.0602. The van der Waals surface area contributed by atoms with Crippen molar-refractivity contribution in [3.8, 4) is 0 Å². The highest BCUT2D eigenvalue weighted by Crippen LogP contribution is 2.32. The molecule has 0 unspecified atom stereocenters. The smallest absolute Gasteiger partial charge is 0.340 e. The van der Waals surface area contributed by atoms with E-state index < -0.39 is 5.97 Å². The Balaban J connectivity index is 2.51. The van der Waals surface area contributed by atoms with Gasteiger partial charge in [0.2, 0.25) is 0 Å². The monoisotopic (exact) mass is 284 g/mol. The number of nitrogens with zero attached hydrogens (tertiary/aromatic N) is 1. The molecule has 0 bridgehead atoms. The number of ether oxygens (including phenoxy) is 1. The number of hydrogen-bond acceptors (Lipinski definition) is 4. The van der Waals surface area contributed by atoms with Gasteiger partial charge in [0.15, 0.2) is 0 Å². The number of benzene rings is 2. The first-order chi connectivity index (χ1) is 10.1. The Hall–Kier alpha value is -2.49. The summed E-state index contributed by atoms with van der Waals surface area (Å²) in [6.07, 6.45) is 0. The molecule has 4 nitrogen and oxygen atoms in total. The topological polar surface area (TPSA) is 55.6 Å². The lowest BCUT2D eigenvalue weighted by Crippen LogP contribution is -2.19. The van der Waals surface area contributed by atoms with Gasteiger partial charge in [0.1, 0.15) is 0 Å². The molecule has 110 valence electrons. The second-order valence-corrected chi connectivity index (χ2v) is 4.81. The van der Waals surface area contributed by atoms with Gasteiger partial charge in [-0.25, -0.2) is 4.79 Å². The molecule has 0 aliphatic carbocycles. The van der Waals surface area contributed by atoms with Crippen LogP contribution in [0.25, 0.3) is 0 Å². The van der Waals surface area contributed by atoms with Gasteiger partial charge < -0.3 is 15.4 Å². The zero-order valence-corrected chi connectivity index (χ0v) is 12.6. The third-order valence-corrected chi connectivity index (χ3v) is 3.41. The van der Waals surface area contributed by atoms with E-state index in [2.05, 4.69) is 11.0 Å². The molecule has 0 aliphatic heterocycles. The summed E-state index contributed by atoms with van der Waals surface area (Å²) in [6.45, 7) is 4.84. The molecule has 0 saturated carbocycles. The quantitative estimate of drug-likeness (QED) is 0.689. The van der Waals surface area contributed by atoms with Crippen molar-refractivity contribution in [2.45, 2.75) is 13.8 Å². The van der Waals surface area contributed by atoms with Crippen LogP contribution in [0.15, 0.2) is 42.5 Å². The number of carbonyl (C=O) groups excluding carboxylic acids is 1. The van der Waals surface area contributed by atoms with Gasteiger partial charge in [-0.3, -0.25) is 0 Å². The first-order valence-electron chi connectivity index (χ1n) is 6.89. The summed E-state index contributed by atoms with van der Waals surface area (Å²) in [5.74, 6) is -0.422. The van der Waals surface area contributed by atoms with Crippen molar-refractivity contribution in [3.05, 3.63) is 53.6 Å². The third-order valence-electron chi connectivity index (χ3n) is 3.41. The highest BCUT2D eigenvalue weighted by Gasteiger charge is 2.17. The molecule has 0 aliphatic rings. The predicted molar refractivity (Wildman–Crippen MR) is 86.1 cm³/mol. The van der Waals surface area contributed by atoms with Gasteiger partial charge in [-0.1, -0.05) is 18.2 Å². The lowest BCUT2D eigenvalue weighted by atomic mass is 10.1. The van der Waals surface area contributed by atoms with Gasteiger partial charge >= 0.3 is 5.97 Å². The van der Waals surface area contributed by atoms with Crippen molar-refractivity contribution >= 4 is 23.0 Å². The lowest BCUT2D eigenvalue weighted by Gasteiger charge is -2.25. The Kier molecular flexibility index (Phi) is 4.48. The number of nitrogen functional groups attached to an aromatic ring is 1. The van der Waals surface area contributed by atoms with Crippen LogP contribution in [0.5, 0.6) is 0 Å². The minimum atomic E-state index is -0.422. The van der Waals surface area contributed by atoms with E-state index in [0.717, 1.165) is 17.9 Å². The largest absolute Gasteiger partial charge is 0.465 e. The van der Waals surface area contributed by atoms with E-state index in [9.17, 15) is 4.79 Å². The molecule has 0 saturated heterocycles. The van der Waals surface area contributed by atoms with Crippen molar-refractivity contribution in [3.63, 3.8) is 0 Å². The van der Waals surface area contributed by atoms with Crippen molar-refractivity contribution < 1.29 is 9.53 Å². The number of hydrogen-bond donors (Lipinski definition) is 1. The van der Waals surface area contributed by atoms with Crippen LogP contribution in [0.1, 0.15) is 22.8 Å². The highest BCUT2D eigenvalue weighted by molar-refractivity contribution is 5.99. The number of para-hydroxylation sites is 1. The van der Waals surface area contributed by atoms with Crippen LogP contribution < -0.4 is 10.6 Å². The number of carbonyl (C=O) groups is 1. The summed E-state index contributed by atoms with van der Waals surface area (Å²) in [5, 5.41) is 0. The summed E-state index contributed by atoms with van der Waals surface area (Å²) in [4.78, 5) is 13.8. The first-order valence-corrected chi connectivity index (χ1v) is 6.89. The average molecular weight is 284 g/mol. The van der Waals surface area contributed by atoms with Crippen molar-refractivity contribution in [2.24, 2.45) is 0 Å². The van der Waals surface area contributed by atoms with E-state index in [1.807, 2.05) is 44.2 Å². The number of aryl methyl sites for hydroxylation is 1. The molecule has 0 aromatic heterocycles. The van der Waals surface area contributed by atoms with Crippen LogP contribution in [0.3, 0.4) is 0 Å². The molecule has 21 heavy (non-hydrogen) atoms. The third kappa shape index (κ3) is 2.99. The van der Waals surface area contributed by atoms with Crippen LogP contribution in [0.4, 0.5) is 17.1 Å². The van der Waals surface area contributed by atoms with Gasteiger partial charge in [0.25, 0.3) is 0 Å². The van der Waals surface area contributed by atoms with Crippen molar-refractivity contribution in [2.75, 3.05) is 24.3 Å². The Morgan fingerprint density at radius 1 is 1.24 bits per heavy atom. The Labute approximate surface area is 125 Å². The number of methoxy groups -OCH3 is 1. The highest BCUT2D eigenvalue weighted by atomic mass is 16.5. The number of esters is 1. The van der Waals surface area contributed by atoms with Crippen LogP contribution in [-0.4, -0.2) is 19.6 Å². The van der Waals surface area contributed by atoms with Crippen LogP contribution in [-0.2, 0) is 4.74 Å². The maximum atomic E-state index is 11.8. The van der Waals surface area contributed by atoms with E-state index in [1.54, 1.807) is 6.07 Å². The van der Waals surface area contributed by atoms with Gasteiger partial charge in [0, 0.05) is 12.2 Å². The molecule has 0 spiro atoms. The molecule has 0 fully saturated rings. The van der Waals surface area contributed by atoms with E-state index in [1.165, 1.54) is 12.7 Å². The molecule has 2 aromatic carbocycles. The molecule has 2 rings (SSSR count). The van der Waals surface area contributed by atoms with Crippen molar-refractivity contribution in [1.82, 2.24) is 0 Å². The molecule has 0 atom stereocenters. The maximum absolute atomic E-state index is 11.8. The van der Waals surface area contributed by atoms with E-state index in [-0.39, 0.29) is 0 Å². The van der Waals surface area contributed by atoms with Gasteiger partial charge in [-0.15, -0.1) is 0 Å². The van der Waals surface area contributed by atoms with Gasteiger partial charge in [-0.2, -0.15) is 0 Å². The molecule has 0 amide bonds. The minimum absolute atomic E-state index is 0.390. The second kappa shape index (κ2) is 6.31. The number of nitrogens with two attached hydrogens (primary N) is 1.